The van der Waals surface area contributed by atoms with Gasteiger partial charge in [-0.25, -0.2) is 4.98 Å². The number of nitro benzene ring substituents is 1. The summed E-state index contributed by atoms with van der Waals surface area (Å²) in [4.78, 5) is 28.6. The minimum atomic E-state index is -0.472. The van der Waals surface area contributed by atoms with Gasteiger partial charge < -0.3 is 9.88 Å². The number of rotatable bonds is 6. The Morgan fingerprint density at radius 3 is 2.48 bits per heavy atom. The van der Waals surface area contributed by atoms with E-state index in [2.05, 4.69) is 5.32 Å². The lowest BCUT2D eigenvalue weighted by Crippen LogP contribution is -2.31. The van der Waals surface area contributed by atoms with Crippen LogP contribution in [0.5, 0.6) is 0 Å². The van der Waals surface area contributed by atoms with Gasteiger partial charge in [-0.05, 0) is 30.7 Å². The Kier molecular flexibility index (Phi) is 5.49. The normalized spacial score (nSPS) is 11.9. The molecule has 7 heteroatoms. The Balaban J connectivity index is 1.68. The van der Waals surface area contributed by atoms with Crippen molar-refractivity contribution >= 4 is 22.6 Å². The number of aryl methyl sites for hydroxylation is 1. The molecular formula is C24H22N4O3. The van der Waals surface area contributed by atoms with Crippen LogP contribution in [-0.2, 0) is 13.5 Å². The second kappa shape index (κ2) is 8.39. The first-order valence-corrected chi connectivity index (χ1v) is 9.96. The number of nitrogens with zero attached hydrogens (tertiary/aromatic N) is 3. The van der Waals surface area contributed by atoms with E-state index in [-0.39, 0.29) is 17.6 Å². The molecule has 4 rings (SSSR count). The molecule has 0 saturated heterocycles. The molecule has 1 atom stereocenters. The molecular weight excluding hydrogens is 392 g/mol. The number of amides is 1. The zero-order valence-electron chi connectivity index (χ0n) is 17.3. The molecule has 1 N–H and O–H groups in total. The third-order valence-corrected chi connectivity index (χ3v) is 5.52. The van der Waals surface area contributed by atoms with Gasteiger partial charge in [0.05, 0.1) is 22.0 Å². The maximum absolute atomic E-state index is 13.1. The van der Waals surface area contributed by atoms with Gasteiger partial charge in [0.1, 0.15) is 5.82 Å². The summed E-state index contributed by atoms with van der Waals surface area (Å²) in [5.74, 6) is 0.486. The smallest absolute Gasteiger partial charge is 0.273 e. The fourth-order valence-electron chi connectivity index (χ4n) is 3.80. The van der Waals surface area contributed by atoms with Gasteiger partial charge in [-0.3, -0.25) is 14.9 Å². The predicted molar refractivity (Wildman–Crippen MR) is 119 cm³/mol. The molecule has 4 aromatic rings. The molecule has 1 heterocycles. The van der Waals surface area contributed by atoms with Crippen LogP contribution in [0.1, 0.15) is 33.4 Å². The first-order valence-electron chi connectivity index (χ1n) is 9.96. The molecule has 3 aromatic carbocycles. The van der Waals surface area contributed by atoms with Gasteiger partial charge >= 0.3 is 0 Å². The van der Waals surface area contributed by atoms with Gasteiger partial charge in [0, 0.05) is 30.7 Å². The standard InChI is InChI=1S/C24H22N4O3/c1-16-18(11-8-14-21(16)28(30)31)24(29)26-20(17-9-4-3-5-10-17)15-23-25-19-12-6-7-13-22(19)27(23)2/h3-14,20H,15H2,1-2H3,(H,26,29). The number of hydrogen-bond donors (Lipinski definition) is 1. The van der Waals surface area contributed by atoms with Gasteiger partial charge in [-0.1, -0.05) is 48.5 Å². The summed E-state index contributed by atoms with van der Waals surface area (Å²) in [5, 5.41) is 14.3. The number of carbonyl (C=O) groups is 1. The molecule has 7 nitrogen and oxygen atoms in total. The molecule has 156 valence electrons. The number of para-hydroxylation sites is 2. The van der Waals surface area contributed by atoms with Crippen LogP contribution in [0, 0.1) is 17.0 Å². The van der Waals surface area contributed by atoms with Crippen LogP contribution in [0.2, 0.25) is 0 Å². The fraction of sp³-hybridized carbons (Fsp3) is 0.167. The molecule has 1 aromatic heterocycles. The van der Waals surface area contributed by atoms with Gasteiger partial charge in [0.25, 0.3) is 11.6 Å². The van der Waals surface area contributed by atoms with Crippen LogP contribution in [0.25, 0.3) is 11.0 Å². The third kappa shape index (κ3) is 4.02. The maximum Gasteiger partial charge on any atom is 0.273 e. The van der Waals surface area contributed by atoms with Crippen molar-refractivity contribution in [3.8, 4) is 0 Å². The van der Waals surface area contributed by atoms with Crippen LogP contribution in [0.4, 0.5) is 5.69 Å². The van der Waals surface area contributed by atoms with Crippen molar-refractivity contribution < 1.29 is 9.72 Å². The Morgan fingerprint density at radius 2 is 1.77 bits per heavy atom. The number of nitro groups is 1. The van der Waals surface area contributed by atoms with Gasteiger partial charge in [0.15, 0.2) is 0 Å². The zero-order chi connectivity index (χ0) is 22.0. The van der Waals surface area contributed by atoms with E-state index in [1.54, 1.807) is 13.0 Å². The highest BCUT2D eigenvalue weighted by atomic mass is 16.6. The molecule has 0 spiro atoms. The van der Waals surface area contributed by atoms with Crippen LogP contribution < -0.4 is 5.32 Å². The van der Waals surface area contributed by atoms with E-state index in [1.807, 2.05) is 66.2 Å². The lowest BCUT2D eigenvalue weighted by Gasteiger charge is -2.20. The molecule has 0 aliphatic heterocycles. The monoisotopic (exact) mass is 414 g/mol. The molecule has 31 heavy (non-hydrogen) atoms. The molecule has 0 fully saturated rings. The Bertz CT molecular complexity index is 1260. The average Bonchev–Trinajstić information content (AvgIpc) is 3.09. The molecule has 0 aliphatic carbocycles. The highest BCUT2D eigenvalue weighted by molar-refractivity contribution is 5.96. The summed E-state index contributed by atoms with van der Waals surface area (Å²) in [5.41, 5.74) is 3.42. The highest BCUT2D eigenvalue weighted by Gasteiger charge is 2.23. The number of aromatic nitrogens is 2. The van der Waals surface area contributed by atoms with Gasteiger partial charge in [-0.2, -0.15) is 0 Å². The van der Waals surface area contributed by atoms with Crippen LogP contribution >= 0.6 is 0 Å². The van der Waals surface area contributed by atoms with E-state index in [0.29, 0.717) is 17.5 Å². The van der Waals surface area contributed by atoms with Crippen molar-refractivity contribution in [1.82, 2.24) is 14.9 Å². The SMILES string of the molecule is Cc1c(C(=O)NC(Cc2nc3ccccc3n2C)c2ccccc2)cccc1[N+](=O)[O-]. The van der Waals surface area contributed by atoms with Crippen molar-refractivity contribution in [2.75, 3.05) is 0 Å². The molecule has 0 bridgehead atoms. The van der Waals surface area contributed by atoms with Crippen molar-refractivity contribution in [1.29, 1.82) is 0 Å². The summed E-state index contributed by atoms with van der Waals surface area (Å²) in [6, 6.07) is 21.7. The zero-order valence-corrected chi connectivity index (χ0v) is 17.3. The quantitative estimate of drug-likeness (QED) is 0.371. The molecule has 0 aliphatic rings. The number of nitrogens with one attached hydrogen (secondary N) is 1. The first-order chi connectivity index (χ1) is 15.0. The second-order valence-electron chi connectivity index (χ2n) is 7.42. The van der Waals surface area contributed by atoms with E-state index in [4.69, 9.17) is 4.98 Å². The van der Waals surface area contributed by atoms with Crippen molar-refractivity contribution in [3.05, 3.63) is 105 Å². The second-order valence-corrected chi connectivity index (χ2v) is 7.42. The van der Waals surface area contributed by atoms with Gasteiger partial charge in [-0.15, -0.1) is 0 Å². The lowest BCUT2D eigenvalue weighted by molar-refractivity contribution is -0.385. The van der Waals surface area contributed by atoms with E-state index in [0.717, 1.165) is 22.4 Å². The largest absolute Gasteiger partial charge is 0.345 e. The maximum atomic E-state index is 13.1. The first kappa shape index (κ1) is 20.3. The molecule has 1 unspecified atom stereocenters. The minimum Gasteiger partial charge on any atom is -0.345 e. The highest BCUT2D eigenvalue weighted by Crippen LogP contribution is 2.24. The number of imidazole rings is 1. The Labute approximate surface area is 179 Å². The van der Waals surface area contributed by atoms with Crippen LogP contribution in [0.15, 0.2) is 72.8 Å². The Morgan fingerprint density at radius 1 is 1.06 bits per heavy atom. The molecule has 0 radical (unpaired) electrons. The summed E-state index contributed by atoms with van der Waals surface area (Å²) >= 11 is 0. The fourth-order valence-corrected chi connectivity index (χ4v) is 3.80. The summed E-state index contributed by atoms with van der Waals surface area (Å²) in [7, 11) is 1.96. The average molecular weight is 414 g/mol. The molecule has 0 saturated carbocycles. The Hall–Kier alpha value is -4.00. The minimum absolute atomic E-state index is 0.0701. The summed E-state index contributed by atoms with van der Waals surface area (Å²) in [6.07, 6.45) is 0.481. The van der Waals surface area contributed by atoms with E-state index in [1.165, 1.54) is 12.1 Å². The van der Waals surface area contributed by atoms with Gasteiger partial charge in [0.2, 0.25) is 0 Å². The number of hydrogen-bond acceptors (Lipinski definition) is 4. The van der Waals surface area contributed by atoms with E-state index in [9.17, 15) is 14.9 Å². The van der Waals surface area contributed by atoms with Crippen molar-refractivity contribution in [2.45, 2.75) is 19.4 Å². The number of fused-ring (bicyclic) bond motifs is 1. The third-order valence-electron chi connectivity index (χ3n) is 5.52. The van der Waals surface area contributed by atoms with Crippen molar-refractivity contribution in [2.24, 2.45) is 7.05 Å². The topological polar surface area (TPSA) is 90.1 Å². The summed E-state index contributed by atoms with van der Waals surface area (Å²) in [6.45, 7) is 1.59. The van der Waals surface area contributed by atoms with E-state index >= 15 is 0 Å². The van der Waals surface area contributed by atoms with E-state index < -0.39 is 4.92 Å². The van der Waals surface area contributed by atoms with Crippen LogP contribution in [0.3, 0.4) is 0 Å². The number of carbonyl (C=O) groups excluding carboxylic acids is 1. The van der Waals surface area contributed by atoms with Crippen LogP contribution in [-0.4, -0.2) is 20.4 Å². The predicted octanol–water partition coefficient (Wildman–Crippen LogP) is 4.50. The summed E-state index contributed by atoms with van der Waals surface area (Å²) < 4.78 is 2.02. The molecule has 1 amide bonds. The van der Waals surface area contributed by atoms with Crippen molar-refractivity contribution in [3.63, 3.8) is 0 Å². The number of benzene rings is 3. The lowest BCUT2D eigenvalue weighted by atomic mass is 10.0.